The molecular formula is C22H34N2O8. The van der Waals surface area contributed by atoms with Crippen molar-refractivity contribution in [2.75, 3.05) is 7.11 Å². The summed E-state index contributed by atoms with van der Waals surface area (Å²) in [7, 11) is 1.22. The van der Waals surface area contributed by atoms with E-state index in [1.54, 1.807) is 13.8 Å². The molecule has 0 saturated heterocycles. The summed E-state index contributed by atoms with van der Waals surface area (Å²) in [6.45, 7) is 3.49. The third kappa shape index (κ3) is 6.52. The average Bonchev–Trinajstić information content (AvgIpc) is 3.15. The second kappa shape index (κ2) is 10.9. The number of carboxylic acids is 1. The van der Waals surface area contributed by atoms with Crippen molar-refractivity contribution < 1.29 is 39.2 Å². The number of rotatable bonds is 9. The lowest BCUT2D eigenvalue weighted by molar-refractivity contribution is -0.146. The monoisotopic (exact) mass is 454 g/mol. The molecule has 1 fully saturated rings. The highest BCUT2D eigenvalue weighted by atomic mass is 16.5. The van der Waals surface area contributed by atoms with Gasteiger partial charge in [0.2, 0.25) is 11.8 Å². The van der Waals surface area contributed by atoms with Crippen molar-refractivity contribution in [1.29, 1.82) is 0 Å². The highest BCUT2D eigenvalue weighted by molar-refractivity contribution is 5.96. The zero-order valence-electron chi connectivity index (χ0n) is 18.8. The number of carboxylic acid groups (broad SMARTS) is 1. The molecule has 10 heteroatoms. The summed E-state index contributed by atoms with van der Waals surface area (Å²) in [4.78, 5) is 48.6. The molecule has 0 aromatic carbocycles. The highest BCUT2D eigenvalue weighted by Gasteiger charge is 2.40. The Balaban J connectivity index is 2.12. The molecule has 5 N–H and O–H groups in total. The standard InChI is InChI=1S/C22H34N2O8/c1-12(2)18(21(31)32-3)24-20(30)13-8-14(19(29)15(25)9-13)23-16(26)10-22(11-17(27)28)6-4-5-7-22/h8,12,14-15,18-19,25,29H,4-7,9-11H2,1-3H3,(H,23,26)(H,24,30)(H,27,28)/t14-,15-,18-,19-/m1/s1. The first-order valence-electron chi connectivity index (χ1n) is 10.9. The molecule has 2 amide bonds. The maximum Gasteiger partial charge on any atom is 0.328 e. The van der Waals surface area contributed by atoms with Crippen LogP contribution in [0.15, 0.2) is 11.6 Å². The zero-order chi connectivity index (χ0) is 24.1. The van der Waals surface area contributed by atoms with Crippen LogP contribution in [-0.2, 0) is 23.9 Å². The number of aliphatic hydroxyl groups excluding tert-OH is 2. The first-order valence-corrected chi connectivity index (χ1v) is 10.9. The summed E-state index contributed by atoms with van der Waals surface area (Å²) in [6.07, 6.45) is 1.48. The molecule has 0 aliphatic heterocycles. The van der Waals surface area contributed by atoms with Gasteiger partial charge < -0.3 is 30.7 Å². The van der Waals surface area contributed by atoms with Crippen LogP contribution in [0.25, 0.3) is 0 Å². The van der Waals surface area contributed by atoms with Crippen molar-refractivity contribution in [2.45, 2.75) is 83.1 Å². The predicted octanol–water partition coefficient (Wildman–Crippen LogP) is 0.262. The van der Waals surface area contributed by atoms with Crippen molar-refractivity contribution in [3.63, 3.8) is 0 Å². The topological polar surface area (TPSA) is 162 Å². The van der Waals surface area contributed by atoms with Crippen LogP contribution in [-0.4, -0.2) is 70.5 Å². The largest absolute Gasteiger partial charge is 0.481 e. The number of hydrogen-bond donors (Lipinski definition) is 5. The number of methoxy groups -OCH3 is 1. The van der Waals surface area contributed by atoms with Crippen LogP contribution >= 0.6 is 0 Å². The number of nitrogens with one attached hydrogen (secondary N) is 2. The van der Waals surface area contributed by atoms with Crippen LogP contribution in [0.3, 0.4) is 0 Å². The van der Waals surface area contributed by atoms with Crippen LogP contribution in [0, 0.1) is 11.3 Å². The second-order valence-electron chi connectivity index (χ2n) is 9.22. The average molecular weight is 455 g/mol. The third-order valence-electron chi connectivity index (χ3n) is 6.33. The first-order chi connectivity index (χ1) is 15.0. The minimum Gasteiger partial charge on any atom is -0.481 e. The van der Waals surface area contributed by atoms with Crippen LogP contribution in [0.5, 0.6) is 0 Å². The van der Waals surface area contributed by atoms with Crippen molar-refractivity contribution in [3.05, 3.63) is 11.6 Å². The smallest absolute Gasteiger partial charge is 0.328 e. The lowest BCUT2D eigenvalue weighted by Gasteiger charge is -2.33. The molecule has 0 bridgehead atoms. The van der Waals surface area contributed by atoms with E-state index < -0.39 is 53.5 Å². The quantitative estimate of drug-likeness (QED) is 0.310. The van der Waals surface area contributed by atoms with Crippen LogP contribution in [0.4, 0.5) is 0 Å². The molecule has 0 aromatic heterocycles. The summed E-state index contributed by atoms with van der Waals surface area (Å²) >= 11 is 0. The van der Waals surface area contributed by atoms with Crippen LogP contribution in [0.1, 0.15) is 58.8 Å². The Morgan fingerprint density at radius 3 is 2.31 bits per heavy atom. The fourth-order valence-corrected chi connectivity index (χ4v) is 4.56. The van der Waals surface area contributed by atoms with Crippen molar-refractivity contribution >= 4 is 23.8 Å². The van der Waals surface area contributed by atoms with Gasteiger partial charge in [0.05, 0.1) is 25.7 Å². The van der Waals surface area contributed by atoms with Gasteiger partial charge in [-0.1, -0.05) is 32.8 Å². The van der Waals surface area contributed by atoms with Gasteiger partial charge in [-0.3, -0.25) is 14.4 Å². The summed E-state index contributed by atoms with van der Waals surface area (Å²) in [6, 6.07) is -1.91. The molecule has 0 aromatic rings. The van der Waals surface area contributed by atoms with Gasteiger partial charge in [0.1, 0.15) is 12.1 Å². The molecule has 0 unspecified atom stereocenters. The molecule has 4 atom stereocenters. The molecule has 0 heterocycles. The maximum absolute atomic E-state index is 12.7. The van der Waals surface area contributed by atoms with E-state index in [1.807, 2.05) is 0 Å². The minimum atomic E-state index is -1.32. The van der Waals surface area contributed by atoms with Gasteiger partial charge in [-0.15, -0.1) is 0 Å². The van der Waals surface area contributed by atoms with E-state index in [2.05, 4.69) is 10.6 Å². The Morgan fingerprint density at radius 2 is 1.78 bits per heavy atom. The number of aliphatic carboxylic acids is 1. The van der Waals surface area contributed by atoms with Gasteiger partial charge in [0, 0.05) is 18.4 Å². The molecule has 2 aliphatic carbocycles. The van der Waals surface area contributed by atoms with Crippen LogP contribution < -0.4 is 10.6 Å². The zero-order valence-corrected chi connectivity index (χ0v) is 18.8. The number of carbonyl (C=O) groups is 4. The Hall–Kier alpha value is -2.46. The van der Waals surface area contributed by atoms with E-state index >= 15 is 0 Å². The van der Waals surface area contributed by atoms with Crippen LogP contribution in [0.2, 0.25) is 0 Å². The second-order valence-corrected chi connectivity index (χ2v) is 9.22. The van der Waals surface area contributed by atoms with Gasteiger partial charge in [-0.2, -0.15) is 0 Å². The highest BCUT2D eigenvalue weighted by Crippen LogP contribution is 2.44. The molecule has 2 rings (SSSR count). The first kappa shape index (κ1) is 25.8. The van der Waals surface area contributed by atoms with Gasteiger partial charge in [-0.05, 0) is 24.2 Å². The summed E-state index contributed by atoms with van der Waals surface area (Å²) in [5, 5.41) is 35.0. The maximum atomic E-state index is 12.7. The number of esters is 1. The Kier molecular flexibility index (Phi) is 8.80. The molecule has 32 heavy (non-hydrogen) atoms. The molecule has 0 spiro atoms. The van der Waals surface area contributed by atoms with Crippen molar-refractivity contribution in [2.24, 2.45) is 11.3 Å². The number of aliphatic hydroxyl groups is 2. The predicted molar refractivity (Wildman–Crippen MR) is 113 cm³/mol. The van der Waals surface area contributed by atoms with Crippen molar-refractivity contribution in [3.8, 4) is 0 Å². The summed E-state index contributed by atoms with van der Waals surface area (Å²) < 4.78 is 4.71. The van der Waals surface area contributed by atoms with Gasteiger partial charge in [0.25, 0.3) is 0 Å². The molecule has 180 valence electrons. The lowest BCUT2D eigenvalue weighted by Crippen LogP contribution is -2.52. The Morgan fingerprint density at radius 1 is 1.16 bits per heavy atom. The number of amides is 2. The normalized spacial score (nSPS) is 25.6. The van der Waals surface area contributed by atoms with Gasteiger partial charge in [0.15, 0.2) is 0 Å². The molecule has 1 saturated carbocycles. The van der Waals surface area contributed by atoms with E-state index in [-0.39, 0.29) is 30.8 Å². The molecule has 2 aliphatic rings. The molecular weight excluding hydrogens is 420 g/mol. The summed E-state index contributed by atoms with van der Waals surface area (Å²) in [5.74, 6) is -2.85. The van der Waals surface area contributed by atoms with E-state index in [0.29, 0.717) is 12.8 Å². The van der Waals surface area contributed by atoms with E-state index in [1.165, 1.54) is 13.2 Å². The number of carbonyl (C=O) groups excluding carboxylic acids is 3. The van der Waals surface area contributed by atoms with Crippen molar-refractivity contribution in [1.82, 2.24) is 10.6 Å². The number of ether oxygens (including phenoxy) is 1. The van der Waals surface area contributed by atoms with Gasteiger partial charge >= 0.3 is 11.9 Å². The minimum absolute atomic E-state index is 0.00819. The Bertz CT molecular complexity index is 757. The lowest BCUT2D eigenvalue weighted by atomic mass is 9.79. The van der Waals surface area contributed by atoms with Gasteiger partial charge in [-0.25, -0.2) is 4.79 Å². The fraction of sp³-hybridized carbons (Fsp3) is 0.727. The van der Waals surface area contributed by atoms with E-state index in [4.69, 9.17) is 4.74 Å². The SMILES string of the molecule is COC(=O)[C@H](NC(=O)C1=C[C@@H](NC(=O)CC2(CC(=O)O)CCCC2)[C@@H](O)[C@H](O)C1)C(C)C. The van der Waals surface area contributed by atoms with E-state index in [0.717, 1.165) is 12.8 Å². The fourth-order valence-electron chi connectivity index (χ4n) is 4.56. The number of hydrogen-bond acceptors (Lipinski definition) is 7. The Labute approximate surface area is 187 Å². The summed E-state index contributed by atoms with van der Waals surface area (Å²) in [5.41, 5.74) is -0.493. The molecule has 0 radical (unpaired) electrons. The van der Waals surface area contributed by atoms with E-state index in [9.17, 15) is 34.5 Å². The molecule has 10 nitrogen and oxygen atoms in total. The third-order valence-corrected chi connectivity index (χ3v) is 6.33.